The molecule has 1 aromatic heterocycles. The fourth-order valence-corrected chi connectivity index (χ4v) is 3.79. The van der Waals surface area contributed by atoms with Crippen LogP contribution in [-0.2, 0) is 10.9 Å². The second-order valence-corrected chi connectivity index (χ2v) is 5.42. The number of hydrogen-bond donors (Lipinski definition) is 0. The monoisotopic (exact) mass is 196 g/mol. The van der Waals surface area contributed by atoms with Gasteiger partial charge in [-0.2, -0.15) is 0 Å². The van der Waals surface area contributed by atoms with Crippen molar-refractivity contribution in [3.63, 3.8) is 0 Å². The normalized spacial score (nSPS) is 17.6. The minimum Gasteiger partial charge on any atom is -0.481 e. The maximum Gasteiger partial charge on any atom is 0.213 e. The highest BCUT2D eigenvalue weighted by Crippen LogP contribution is 2.23. The third kappa shape index (κ3) is 1.97. The summed E-state index contributed by atoms with van der Waals surface area (Å²) in [6.07, 6.45) is 4.73. The first-order valence-corrected chi connectivity index (χ1v) is 6.14. The standard InChI is InChI=1S/C10H14NOS/c1-12-10-5-4-9(8-11-10)13-6-2-3-7-13/h4-5,8H,2-3,6-7H2,1H3/q+1. The van der Waals surface area contributed by atoms with Gasteiger partial charge < -0.3 is 4.74 Å². The summed E-state index contributed by atoms with van der Waals surface area (Å²) in [5, 5.41) is 0. The molecule has 0 aliphatic carbocycles. The minimum atomic E-state index is 0.481. The van der Waals surface area contributed by atoms with E-state index < -0.39 is 0 Å². The summed E-state index contributed by atoms with van der Waals surface area (Å²) in [5.41, 5.74) is 0. The van der Waals surface area contributed by atoms with Gasteiger partial charge in [0.2, 0.25) is 5.88 Å². The summed E-state index contributed by atoms with van der Waals surface area (Å²) in [4.78, 5) is 5.63. The predicted molar refractivity (Wildman–Crippen MR) is 55.4 cm³/mol. The lowest BCUT2D eigenvalue weighted by molar-refractivity contribution is 0.397. The minimum absolute atomic E-state index is 0.481. The van der Waals surface area contributed by atoms with Gasteiger partial charge in [-0.25, -0.2) is 4.98 Å². The van der Waals surface area contributed by atoms with E-state index in [0.717, 1.165) is 0 Å². The third-order valence-electron chi connectivity index (χ3n) is 2.28. The van der Waals surface area contributed by atoms with Gasteiger partial charge >= 0.3 is 0 Å². The van der Waals surface area contributed by atoms with Gasteiger partial charge in [0, 0.05) is 23.0 Å². The fourth-order valence-electron chi connectivity index (χ4n) is 1.55. The molecule has 1 saturated heterocycles. The van der Waals surface area contributed by atoms with E-state index in [1.807, 2.05) is 12.3 Å². The van der Waals surface area contributed by atoms with Gasteiger partial charge in [-0.15, -0.1) is 0 Å². The van der Waals surface area contributed by atoms with Crippen molar-refractivity contribution in [1.29, 1.82) is 0 Å². The van der Waals surface area contributed by atoms with Crippen LogP contribution in [0.1, 0.15) is 12.8 Å². The Morgan fingerprint density at radius 2 is 2.08 bits per heavy atom. The van der Waals surface area contributed by atoms with E-state index in [1.54, 1.807) is 7.11 Å². The molecule has 0 atom stereocenters. The number of aromatic nitrogens is 1. The summed E-state index contributed by atoms with van der Waals surface area (Å²) in [6, 6.07) is 4.11. The molecule has 0 saturated carbocycles. The lowest BCUT2D eigenvalue weighted by atomic mass is 10.4. The van der Waals surface area contributed by atoms with Crippen LogP contribution in [-0.4, -0.2) is 23.6 Å². The Hall–Kier alpha value is -0.700. The van der Waals surface area contributed by atoms with Gasteiger partial charge in [-0.3, -0.25) is 0 Å². The smallest absolute Gasteiger partial charge is 0.213 e. The van der Waals surface area contributed by atoms with E-state index >= 15 is 0 Å². The molecule has 13 heavy (non-hydrogen) atoms. The van der Waals surface area contributed by atoms with Crippen LogP contribution in [0.5, 0.6) is 5.88 Å². The van der Waals surface area contributed by atoms with Gasteiger partial charge in [0.1, 0.15) is 11.5 Å². The van der Waals surface area contributed by atoms with E-state index in [9.17, 15) is 0 Å². The Bertz CT molecular complexity index is 267. The van der Waals surface area contributed by atoms with Gasteiger partial charge in [-0.05, 0) is 12.8 Å². The third-order valence-corrected chi connectivity index (χ3v) is 4.75. The zero-order valence-corrected chi connectivity index (χ0v) is 8.64. The summed E-state index contributed by atoms with van der Waals surface area (Å²) in [6.45, 7) is 0. The molecular weight excluding hydrogens is 182 g/mol. The van der Waals surface area contributed by atoms with Crippen molar-refractivity contribution in [1.82, 2.24) is 4.98 Å². The van der Waals surface area contributed by atoms with Crippen LogP contribution in [0.4, 0.5) is 0 Å². The lowest BCUT2D eigenvalue weighted by Crippen LogP contribution is -2.04. The second-order valence-electron chi connectivity index (χ2n) is 3.14. The van der Waals surface area contributed by atoms with Crippen molar-refractivity contribution in [2.24, 2.45) is 0 Å². The molecule has 70 valence electrons. The molecule has 2 rings (SSSR count). The highest BCUT2D eigenvalue weighted by Gasteiger charge is 2.26. The van der Waals surface area contributed by atoms with Crippen molar-refractivity contribution in [3.05, 3.63) is 18.3 Å². The lowest BCUT2D eigenvalue weighted by Gasteiger charge is -2.00. The summed E-state index contributed by atoms with van der Waals surface area (Å²) < 4.78 is 5.02. The van der Waals surface area contributed by atoms with Crippen LogP contribution in [0.2, 0.25) is 0 Å². The first-order chi connectivity index (χ1) is 6.40. The highest BCUT2D eigenvalue weighted by atomic mass is 32.2. The van der Waals surface area contributed by atoms with Gasteiger partial charge in [0.25, 0.3) is 0 Å². The maximum atomic E-state index is 5.02. The Balaban J connectivity index is 2.12. The van der Waals surface area contributed by atoms with E-state index in [2.05, 4.69) is 11.1 Å². The molecule has 0 unspecified atom stereocenters. The maximum absolute atomic E-state index is 5.02. The molecule has 1 aliphatic rings. The SMILES string of the molecule is COc1ccc([S+]2CCCC2)cn1. The fraction of sp³-hybridized carbons (Fsp3) is 0.500. The summed E-state index contributed by atoms with van der Waals surface area (Å²) in [7, 11) is 2.13. The van der Waals surface area contributed by atoms with Gasteiger partial charge in [0.15, 0.2) is 4.90 Å². The molecule has 2 heterocycles. The topological polar surface area (TPSA) is 22.1 Å². The van der Waals surface area contributed by atoms with Crippen molar-refractivity contribution >= 4 is 10.9 Å². The molecule has 0 aromatic carbocycles. The quantitative estimate of drug-likeness (QED) is 0.674. The zero-order valence-electron chi connectivity index (χ0n) is 7.82. The van der Waals surface area contributed by atoms with Gasteiger partial charge in [0.05, 0.1) is 13.3 Å². The number of nitrogens with zero attached hydrogens (tertiary/aromatic N) is 1. The molecular formula is C10H14NOS+. The highest BCUT2D eigenvalue weighted by molar-refractivity contribution is 7.97. The first-order valence-electron chi connectivity index (χ1n) is 4.58. The Morgan fingerprint density at radius 3 is 2.62 bits per heavy atom. The Labute approximate surface area is 81.7 Å². The molecule has 0 amide bonds. The van der Waals surface area contributed by atoms with Crippen molar-refractivity contribution < 1.29 is 4.74 Å². The van der Waals surface area contributed by atoms with E-state index in [4.69, 9.17) is 4.74 Å². The molecule has 0 bridgehead atoms. The van der Waals surface area contributed by atoms with Crippen LogP contribution < -0.4 is 4.74 Å². The molecule has 0 N–H and O–H groups in total. The summed E-state index contributed by atoms with van der Waals surface area (Å²) >= 11 is 0. The Morgan fingerprint density at radius 1 is 1.31 bits per heavy atom. The second kappa shape index (κ2) is 4.01. The predicted octanol–water partition coefficient (Wildman–Crippen LogP) is 1.86. The molecule has 2 nitrogen and oxygen atoms in total. The van der Waals surface area contributed by atoms with Crippen LogP contribution in [0, 0.1) is 0 Å². The molecule has 0 radical (unpaired) electrons. The molecule has 1 fully saturated rings. The van der Waals surface area contributed by atoms with Crippen molar-refractivity contribution in [2.45, 2.75) is 17.7 Å². The number of pyridine rings is 1. The van der Waals surface area contributed by atoms with E-state index in [1.165, 1.54) is 29.2 Å². The van der Waals surface area contributed by atoms with E-state index in [-0.39, 0.29) is 0 Å². The number of methoxy groups -OCH3 is 1. The molecule has 1 aromatic rings. The van der Waals surface area contributed by atoms with Gasteiger partial charge in [-0.1, -0.05) is 0 Å². The molecule has 0 spiro atoms. The van der Waals surface area contributed by atoms with Crippen LogP contribution in [0.15, 0.2) is 23.2 Å². The van der Waals surface area contributed by atoms with E-state index in [0.29, 0.717) is 16.8 Å². The van der Waals surface area contributed by atoms with Crippen molar-refractivity contribution in [2.75, 3.05) is 18.6 Å². The Kier molecular flexibility index (Phi) is 2.74. The van der Waals surface area contributed by atoms with Crippen LogP contribution in [0.3, 0.4) is 0 Å². The zero-order chi connectivity index (χ0) is 9.10. The summed E-state index contributed by atoms with van der Waals surface area (Å²) in [5.74, 6) is 3.42. The average Bonchev–Trinajstić information content (AvgIpc) is 2.71. The average molecular weight is 196 g/mol. The first kappa shape index (κ1) is 8.88. The van der Waals surface area contributed by atoms with Crippen LogP contribution >= 0.6 is 0 Å². The number of hydrogen-bond acceptors (Lipinski definition) is 2. The largest absolute Gasteiger partial charge is 0.481 e. The van der Waals surface area contributed by atoms with Crippen LogP contribution in [0.25, 0.3) is 0 Å². The molecule has 1 aliphatic heterocycles. The van der Waals surface area contributed by atoms with Crippen molar-refractivity contribution in [3.8, 4) is 5.88 Å². The number of ether oxygens (including phenoxy) is 1. The number of rotatable bonds is 2. The molecule has 3 heteroatoms.